The van der Waals surface area contributed by atoms with Gasteiger partial charge in [-0.1, -0.05) is 0 Å². The maximum absolute atomic E-state index is 13.0. The first-order chi connectivity index (χ1) is 12.3. The van der Waals surface area contributed by atoms with E-state index in [-0.39, 0.29) is 24.4 Å². The van der Waals surface area contributed by atoms with E-state index in [1.165, 1.54) is 4.90 Å². The molecule has 0 saturated carbocycles. The predicted octanol–water partition coefficient (Wildman–Crippen LogP) is 0.456. The molecule has 3 amide bonds. The highest BCUT2D eigenvalue weighted by atomic mass is 16.3. The minimum absolute atomic E-state index is 0.137. The lowest BCUT2D eigenvalue weighted by molar-refractivity contribution is -0.135. The molecule has 8 nitrogen and oxygen atoms in total. The molecule has 2 heterocycles. The number of carbonyl (C=O) groups is 3. The van der Waals surface area contributed by atoms with Crippen LogP contribution in [-0.4, -0.2) is 71.0 Å². The largest absolute Gasteiger partial charge is 0.466 e. The van der Waals surface area contributed by atoms with E-state index in [4.69, 9.17) is 9.52 Å². The number of nitrogens with zero attached hydrogens (tertiary/aromatic N) is 2. The summed E-state index contributed by atoms with van der Waals surface area (Å²) in [5.74, 6) is 0.187. The van der Waals surface area contributed by atoms with Crippen molar-refractivity contribution in [3.63, 3.8) is 0 Å². The molecule has 0 aromatic carbocycles. The molecule has 1 aliphatic heterocycles. The Bertz CT molecular complexity index is 680. The van der Waals surface area contributed by atoms with Crippen LogP contribution in [0.4, 0.5) is 0 Å². The van der Waals surface area contributed by atoms with Gasteiger partial charge in [-0.15, -0.1) is 0 Å². The monoisotopic (exact) mass is 365 g/mol. The average Bonchev–Trinajstić information content (AvgIpc) is 3.18. The molecule has 2 atom stereocenters. The van der Waals surface area contributed by atoms with Crippen LogP contribution in [0, 0.1) is 13.8 Å². The Morgan fingerprint density at radius 2 is 1.96 bits per heavy atom. The molecule has 8 heteroatoms. The standard InChI is InChI=1S/C18H27N3O5/c1-5-20(6-2)18(25)15-8-13(19-16(23)10-22)9-21(15)17(24)14-7-11(3)26-12(14)4/h7,13,15,22H,5-6,8-10H2,1-4H3,(H,19,23)/t13-,15-/m0/s1. The number of likely N-dealkylation sites (tertiary alicyclic amines) is 1. The Morgan fingerprint density at radius 1 is 1.31 bits per heavy atom. The van der Waals surface area contributed by atoms with E-state index in [1.54, 1.807) is 24.8 Å². The van der Waals surface area contributed by atoms with Gasteiger partial charge < -0.3 is 24.6 Å². The van der Waals surface area contributed by atoms with Gasteiger partial charge in [0.2, 0.25) is 11.8 Å². The number of hydrogen-bond donors (Lipinski definition) is 2. The molecule has 0 radical (unpaired) electrons. The first-order valence-corrected chi connectivity index (χ1v) is 8.89. The third-order valence-corrected chi connectivity index (χ3v) is 4.70. The number of carbonyl (C=O) groups excluding carboxylic acids is 3. The highest BCUT2D eigenvalue weighted by Crippen LogP contribution is 2.25. The van der Waals surface area contributed by atoms with Crippen LogP contribution in [0.5, 0.6) is 0 Å². The highest BCUT2D eigenvalue weighted by molar-refractivity contribution is 5.99. The number of aliphatic hydroxyl groups excluding tert-OH is 1. The molecule has 144 valence electrons. The summed E-state index contributed by atoms with van der Waals surface area (Å²) in [6.45, 7) is 7.93. The fourth-order valence-corrected chi connectivity index (χ4v) is 3.42. The summed E-state index contributed by atoms with van der Waals surface area (Å²) in [6.07, 6.45) is 0.322. The molecule has 2 N–H and O–H groups in total. The molecule has 1 aliphatic rings. The van der Waals surface area contributed by atoms with E-state index in [2.05, 4.69) is 5.32 Å². The van der Waals surface area contributed by atoms with Gasteiger partial charge in [0.25, 0.3) is 5.91 Å². The van der Waals surface area contributed by atoms with Crippen molar-refractivity contribution in [1.82, 2.24) is 15.1 Å². The van der Waals surface area contributed by atoms with Gasteiger partial charge in [0, 0.05) is 25.7 Å². The van der Waals surface area contributed by atoms with E-state index < -0.39 is 18.6 Å². The van der Waals surface area contributed by atoms with Crippen LogP contribution >= 0.6 is 0 Å². The van der Waals surface area contributed by atoms with Gasteiger partial charge >= 0.3 is 0 Å². The van der Waals surface area contributed by atoms with Gasteiger partial charge in [0.1, 0.15) is 24.2 Å². The molecular weight excluding hydrogens is 338 g/mol. The minimum atomic E-state index is -0.652. The van der Waals surface area contributed by atoms with Crippen LogP contribution in [0.15, 0.2) is 10.5 Å². The molecule has 1 aromatic rings. The van der Waals surface area contributed by atoms with Crippen LogP contribution in [0.25, 0.3) is 0 Å². The van der Waals surface area contributed by atoms with Crippen LogP contribution in [0.3, 0.4) is 0 Å². The third-order valence-electron chi connectivity index (χ3n) is 4.70. The minimum Gasteiger partial charge on any atom is -0.466 e. The molecule has 0 aliphatic carbocycles. The summed E-state index contributed by atoms with van der Waals surface area (Å²) in [5.41, 5.74) is 0.425. The van der Waals surface area contributed by atoms with Crippen molar-refractivity contribution < 1.29 is 23.9 Å². The zero-order chi connectivity index (χ0) is 19.4. The van der Waals surface area contributed by atoms with E-state index in [1.807, 2.05) is 13.8 Å². The lowest BCUT2D eigenvalue weighted by atomic mass is 10.1. The SMILES string of the molecule is CCN(CC)C(=O)[C@@H]1C[C@H](NC(=O)CO)CN1C(=O)c1cc(C)oc1C. The van der Waals surface area contributed by atoms with Gasteiger partial charge in [-0.2, -0.15) is 0 Å². The summed E-state index contributed by atoms with van der Waals surface area (Å²) >= 11 is 0. The Morgan fingerprint density at radius 3 is 2.46 bits per heavy atom. The number of hydrogen-bond acceptors (Lipinski definition) is 5. The number of amides is 3. The number of likely N-dealkylation sites (N-methyl/N-ethyl adjacent to an activating group) is 1. The van der Waals surface area contributed by atoms with Crippen LogP contribution in [0.1, 0.15) is 42.1 Å². The van der Waals surface area contributed by atoms with Gasteiger partial charge in [-0.05, 0) is 40.2 Å². The first-order valence-electron chi connectivity index (χ1n) is 8.89. The van der Waals surface area contributed by atoms with Crippen molar-refractivity contribution in [3.05, 3.63) is 23.2 Å². The van der Waals surface area contributed by atoms with Gasteiger partial charge in [-0.25, -0.2) is 0 Å². The molecule has 1 saturated heterocycles. The second-order valence-corrected chi connectivity index (χ2v) is 6.47. The highest BCUT2D eigenvalue weighted by Gasteiger charge is 2.42. The quantitative estimate of drug-likeness (QED) is 0.762. The van der Waals surface area contributed by atoms with Gasteiger partial charge in [0.05, 0.1) is 5.56 Å². The van der Waals surface area contributed by atoms with Crippen LogP contribution < -0.4 is 5.32 Å². The lowest BCUT2D eigenvalue weighted by Crippen LogP contribution is -2.47. The normalized spacial score (nSPS) is 19.5. The van der Waals surface area contributed by atoms with E-state index in [0.717, 1.165) is 0 Å². The second-order valence-electron chi connectivity index (χ2n) is 6.47. The van der Waals surface area contributed by atoms with Gasteiger partial charge in [0.15, 0.2) is 0 Å². The summed E-state index contributed by atoms with van der Waals surface area (Å²) in [5, 5.41) is 11.6. The van der Waals surface area contributed by atoms with E-state index in [0.29, 0.717) is 36.6 Å². The van der Waals surface area contributed by atoms with E-state index in [9.17, 15) is 14.4 Å². The summed E-state index contributed by atoms with van der Waals surface area (Å²) in [4.78, 5) is 40.6. The van der Waals surface area contributed by atoms with Crippen molar-refractivity contribution >= 4 is 17.7 Å². The van der Waals surface area contributed by atoms with Crippen molar-refractivity contribution in [2.45, 2.75) is 46.2 Å². The smallest absolute Gasteiger partial charge is 0.258 e. The second kappa shape index (κ2) is 8.35. The Balaban J connectivity index is 2.28. The summed E-state index contributed by atoms with van der Waals surface area (Å²) < 4.78 is 5.44. The van der Waals surface area contributed by atoms with Crippen LogP contribution in [0.2, 0.25) is 0 Å². The molecular formula is C18H27N3O5. The number of aliphatic hydroxyl groups is 1. The molecule has 2 rings (SSSR count). The van der Waals surface area contributed by atoms with Crippen molar-refractivity contribution in [2.24, 2.45) is 0 Å². The summed E-state index contributed by atoms with van der Waals surface area (Å²) in [6, 6.07) is 0.633. The fraction of sp³-hybridized carbons (Fsp3) is 0.611. The Kier molecular flexibility index (Phi) is 6.42. The van der Waals surface area contributed by atoms with Crippen molar-refractivity contribution in [2.75, 3.05) is 26.2 Å². The van der Waals surface area contributed by atoms with E-state index >= 15 is 0 Å². The molecule has 0 unspecified atom stereocenters. The summed E-state index contributed by atoms with van der Waals surface area (Å²) in [7, 11) is 0. The number of aryl methyl sites for hydroxylation is 2. The number of furan rings is 1. The molecule has 0 spiro atoms. The predicted molar refractivity (Wildman–Crippen MR) is 94.6 cm³/mol. The molecule has 1 aromatic heterocycles. The number of rotatable bonds is 6. The average molecular weight is 365 g/mol. The molecule has 0 bridgehead atoms. The third kappa shape index (κ3) is 4.07. The topological polar surface area (TPSA) is 103 Å². The van der Waals surface area contributed by atoms with Gasteiger partial charge in [-0.3, -0.25) is 14.4 Å². The maximum Gasteiger partial charge on any atom is 0.258 e. The number of nitrogens with one attached hydrogen (secondary N) is 1. The Labute approximate surface area is 153 Å². The molecule has 1 fully saturated rings. The maximum atomic E-state index is 13.0. The Hall–Kier alpha value is -2.35. The zero-order valence-corrected chi connectivity index (χ0v) is 15.7. The van der Waals surface area contributed by atoms with Crippen molar-refractivity contribution in [1.29, 1.82) is 0 Å². The van der Waals surface area contributed by atoms with Crippen molar-refractivity contribution in [3.8, 4) is 0 Å². The zero-order valence-electron chi connectivity index (χ0n) is 15.7. The molecule has 26 heavy (non-hydrogen) atoms. The van der Waals surface area contributed by atoms with Crippen LogP contribution in [-0.2, 0) is 9.59 Å². The first kappa shape index (κ1) is 20.0. The lowest BCUT2D eigenvalue weighted by Gasteiger charge is -2.28. The fourth-order valence-electron chi connectivity index (χ4n) is 3.42.